The molecule has 18 heavy (non-hydrogen) atoms. The zero-order chi connectivity index (χ0) is 13.0. The van der Waals surface area contributed by atoms with Gasteiger partial charge in [0.2, 0.25) is 0 Å². The van der Waals surface area contributed by atoms with Crippen LogP contribution in [0.4, 0.5) is 0 Å². The van der Waals surface area contributed by atoms with E-state index in [1.165, 1.54) is 7.11 Å². The van der Waals surface area contributed by atoms with Crippen molar-refractivity contribution in [2.75, 3.05) is 7.11 Å². The summed E-state index contributed by atoms with van der Waals surface area (Å²) < 4.78 is 6.58. The quantitative estimate of drug-likeness (QED) is 0.776. The molecule has 0 aliphatic heterocycles. The summed E-state index contributed by atoms with van der Waals surface area (Å²) in [5.74, 6) is -0.333. The lowest BCUT2D eigenvalue weighted by atomic mass is 10.1. The number of carbonyl (C=O) groups is 1. The lowest BCUT2D eigenvalue weighted by Gasteiger charge is -2.07. The molecule has 0 radical (unpaired) electrons. The highest BCUT2D eigenvalue weighted by Crippen LogP contribution is 2.17. The number of esters is 1. The second-order valence-electron chi connectivity index (χ2n) is 3.99. The van der Waals surface area contributed by atoms with Crippen molar-refractivity contribution in [1.29, 1.82) is 0 Å². The zero-order valence-corrected chi connectivity index (χ0v) is 10.6. The molecule has 1 aromatic carbocycles. The van der Waals surface area contributed by atoms with Crippen LogP contribution in [0.25, 0.3) is 5.69 Å². The summed E-state index contributed by atoms with van der Waals surface area (Å²) in [6.07, 6.45) is 3.31. The summed E-state index contributed by atoms with van der Waals surface area (Å²) in [6, 6.07) is 9.78. The summed E-state index contributed by atoms with van der Waals surface area (Å²) in [7, 11) is 1.39. The van der Waals surface area contributed by atoms with Crippen LogP contribution in [-0.2, 0) is 11.2 Å². The molecule has 0 spiro atoms. The van der Waals surface area contributed by atoms with Crippen molar-refractivity contribution in [1.82, 2.24) is 9.78 Å². The number of carbonyl (C=O) groups excluding carboxylic acids is 1. The normalized spacial score (nSPS) is 10.3. The lowest BCUT2D eigenvalue weighted by molar-refractivity contribution is 0.0599. The van der Waals surface area contributed by atoms with E-state index < -0.39 is 0 Å². The van der Waals surface area contributed by atoms with E-state index in [1.807, 2.05) is 30.3 Å². The first kappa shape index (κ1) is 12.4. The highest BCUT2D eigenvalue weighted by atomic mass is 16.5. The molecule has 2 rings (SSSR count). The molecule has 0 unspecified atom stereocenters. The lowest BCUT2D eigenvalue weighted by Crippen LogP contribution is -2.08. The minimum atomic E-state index is -0.333. The van der Waals surface area contributed by atoms with Crippen LogP contribution in [0.1, 0.15) is 29.4 Å². The fourth-order valence-electron chi connectivity index (χ4n) is 1.92. The van der Waals surface area contributed by atoms with Crippen molar-refractivity contribution in [3.8, 4) is 5.69 Å². The minimum Gasteiger partial charge on any atom is -0.465 e. The predicted octanol–water partition coefficient (Wildman–Crippen LogP) is 2.61. The van der Waals surface area contributed by atoms with E-state index in [1.54, 1.807) is 10.9 Å². The first-order valence-electron chi connectivity index (χ1n) is 5.98. The summed E-state index contributed by atoms with van der Waals surface area (Å²) >= 11 is 0. The van der Waals surface area contributed by atoms with E-state index in [4.69, 9.17) is 4.74 Å². The Kier molecular flexibility index (Phi) is 3.77. The Bertz CT molecular complexity index is 532. The van der Waals surface area contributed by atoms with Crippen LogP contribution in [0.5, 0.6) is 0 Å². The van der Waals surface area contributed by atoms with Crippen molar-refractivity contribution in [2.45, 2.75) is 19.8 Å². The number of hydrogen-bond donors (Lipinski definition) is 0. The first-order valence-corrected chi connectivity index (χ1v) is 5.98. The van der Waals surface area contributed by atoms with Crippen molar-refractivity contribution in [3.05, 3.63) is 47.8 Å². The van der Waals surface area contributed by atoms with Gasteiger partial charge in [-0.2, -0.15) is 5.10 Å². The van der Waals surface area contributed by atoms with Gasteiger partial charge in [0.15, 0.2) is 0 Å². The van der Waals surface area contributed by atoms with Gasteiger partial charge in [0.05, 0.1) is 24.7 Å². The van der Waals surface area contributed by atoms with Crippen LogP contribution >= 0.6 is 0 Å². The van der Waals surface area contributed by atoms with E-state index in [0.29, 0.717) is 5.56 Å². The molecule has 0 fully saturated rings. The third-order valence-electron chi connectivity index (χ3n) is 2.76. The number of methoxy groups -OCH3 is 1. The SMILES string of the molecule is CCCc1c(C(=O)OC)cnn1-c1ccccc1. The van der Waals surface area contributed by atoms with Gasteiger partial charge in [-0.3, -0.25) is 0 Å². The first-order chi connectivity index (χ1) is 8.77. The van der Waals surface area contributed by atoms with Crippen LogP contribution in [0, 0.1) is 0 Å². The topological polar surface area (TPSA) is 44.1 Å². The smallest absolute Gasteiger partial charge is 0.341 e. The molecule has 4 nitrogen and oxygen atoms in total. The van der Waals surface area contributed by atoms with Gasteiger partial charge in [-0.1, -0.05) is 31.5 Å². The number of benzene rings is 1. The average Bonchev–Trinajstić information content (AvgIpc) is 2.83. The summed E-state index contributed by atoms with van der Waals surface area (Å²) in [5, 5.41) is 4.29. The zero-order valence-electron chi connectivity index (χ0n) is 10.6. The molecular weight excluding hydrogens is 228 g/mol. The number of nitrogens with zero attached hydrogens (tertiary/aromatic N) is 2. The van der Waals surface area contributed by atoms with Gasteiger partial charge < -0.3 is 4.74 Å². The van der Waals surface area contributed by atoms with E-state index in [-0.39, 0.29) is 5.97 Å². The Morgan fingerprint density at radius 2 is 2.06 bits per heavy atom. The third-order valence-corrected chi connectivity index (χ3v) is 2.76. The van der Waals surface area contributed by atoms with Gasteiger partial charge in [0.1, 0.15) is 5.56 Å². The Morgan fingerprint density at radius 1 is 1.33 bits per heavy atom. The molecule has 94 valence electrons. The molecule has 2 aromatic rings. The van der Waals surface area contributed by atoms with Crippen LogP contribution in [0.2, 0.25) is 0 Å². The van der Waals surface area contributed by atoms with Crippen LogP contribution < -0.4 is 0 Å². The van der Waals surface area contributed by atoms with Gasteiger partial charge in [-0.05, 0) is 18.6 Å². The maximum atomic E-state index is 11.7. The number of hydrogen-bond acceptors (Lipinski definition) is 3. The number of rotatable bonds is 4. The van der Waals surface area contributed by atoms with Crippen LogP contribution in [0.15, 0.2) is 36.5 Å². The van der Waals surface area contributed by atoms with E-state index in [0.717, 1.165) is 24.2 Å². The Morgan fingerprint density at radius 3 is 2.67 bits per heavy atom. The molecule has 4 heteroatoms. The molecule has 0 aliphatic rings. The van der Waals surface area contributed by atoms with Crippen LogP contribution in [0.3, 0.4) is 0 Å². The highest BCUT2D eigenvalue weighted by molar-refractivity contribution is 5.90. The third kappa shape index (κ3) is 2.27. The van der Waals surface area contributed by atoms with E-state index >= 15 is 0 Å². The minimum absolute atomic E-state index is 0.333. The second-order valence-corrected chi connectivity index (χ2v) is 3.99. The van der Waals surface area contributed by atoms with E-state index in [2.05, 4.69) is 12.0 Å². The maximum Gasteiger partial charge on any atom is 0.341 e. The van der Waals surface area contributed by atoms with E-state index in [9.17, 15) is 4.79 Å². The molecule has 1 aromatic heterocycles. The van der Waals surface area contributed by atoms with Gasteiger partial charge >= 0.3 is 5.97 Å². The molecular formula is C14H16N2O2. The second kappa shape index (κ2) is 5.49. The van der Waals surface area contributed by atoms with Crippen molar-refractivity contribution < 1.29 is 9.53 Å². The fraction of sp³-hybridized carbons (Fsp3) is 0.286. The Hall–Kier alpha value is -2.10. The number of aromatic nitrogens is 2. The molecule has 1 heterocycles. The van der Waals surface area contributed by atoms with Crippen molar-refractivity contribution >= 4 is 5.97 Å². The Balaban J connectivity index is 2.48. The summed E-state index contributed by atoms with van der Waals surface area (Å²) in [5.41, 5.74) is 2.40. The molecule has 0 amide bonds. The highest BCUT2D eigenvalue weighted by Gasteiger charge is 2.17. The van der Waals surface area contributed by atoms with Crippen molar-refractivity contribution in [2.24, 2.45) is 0 Å². The Labute approximate surface area is 106 Å². The molecule has 0 saturated carbocycles. The monoisotopic (exact) mass is 244 g/mol. The number of ether oxygens (including phenoxy) is 1. The maximum absolute atomic E-state index is 11.7. The standard InChI is InChI=1S/C14H16N2O2/c1-3-7-13-12(14(17)18-2)10-15-16(13)11-8-5-4-6-9-11/h4-6,8-10H,3,7H2,1-2H3. The molecule has 0 N–H and O–H groups in total. The largest absolute Gasteiger partial charge is 0.465 e. The van der Waals surface area contributed by atoms with Gasteiger partial charge in [-0.25, -0.2) is 9.48 Å². The molecule has 0 bridgehead atoms. The fourth-order valence-corrected chi connectivity index (χ4v) is 1.92. The average molecular weight is 244 g/mol. The van der Waals surface area contributed by atoms with Gasteiger partial charge in [0, 0.05) is 0 Å². The molecule has 0 atom stereocenters. The predicted molar refractivity (Wildman–Crippen MR) is 68.9 cm³/mol. The van der Waals surface area contributed by atoms with Crippen LogP contribution in [-0.4, -0.2) is 22.9 Å². The van der Waals surface area contributed by atoms with Gasteiger partial charge in [0.25, 0.3) is 0 Å². The number of para-hydroxylation sites is 1. The van der Waals surface area contributed by atoms with Gasteiger partial charge in [-0.15, -0.1) is 0 Å². The molecule has 0 aliphatic carbocycles. The molecule has 0 saturated heterocycles. The van der Waals surface area contributed by atoms with Crippen molar-refractivity contribution in [3.63, 3.8) is 0 Å². The summed E-state index contributed by atoms with van der Waals surface area (Å²) in [6.45, 7) is 2.07. The summed E-state index contributed by atoms with van der Waals surface area (Å²) in [4.78, 5) is 11.7.